The number of benzene rings is 2. The molecule has 2 aromatic carbocycles. The van der Waals surface area contributed by atoms with Gasteiger partial charge in [-0.1, -0.05) is 17.7 Å². The van der Waals surface area contributed by atoms with Crippen LogP contribution in [0.4, 0.5) is 5.69 Å². The highest BCUT2D eigenvalue weighted by molar-refractivity contribution is 6.31. The van der Waals surface area contributed by atoms with Gasteiger partial charge in [-0.15, -0.1) is 0 Å². The number of fused-ring (bicyclic) bond motifs is 1. The van der Waals surface area contributed by atoms with Gasteiger partial charge in [0.25, 0.3) is 5.91 Å². The number of carbonyl (C=O) groups excluding carboxylic acids is 2. The molecular formula is C19H17ClN2O4. The number of hydrogen-bond acceptors (Lipinski definition) is 4. The van der Waals surface area contributed by atoms with E-state index in [2.05, 4.69) is 10.3 Å². The van der Waals surface area contributed by atoms with Crippen molar-refractivity contribution in [3.05, 3.63) is 59.2 Å². The van der Waals surface area contributed by atoms with Crippen molar-refractivity contribution < 1.29 is 19.1 Å². The van der Waals surface area contributed by atoms with Gasteiger partial charge in [-0.25, -0.2) is 4.79 Å². The Labute approximate surface area is 155 Å². The smallest absolute Gasteiger partial charge is 0.344 e. The lowest BCUT2D eigenvalue weighted by molar-refractivity contribution is -0.145. The summed E-state index contributed by atoms with van der Waals surface area (Å²) in [6.45, 7) is 1.84. The van der Waals surface area contributed by atoms with E-state index in [9.17, 15) is 9.59 Å². The summed E-state index contributed by atoms with van der Waals surface area (Å²) in [5, 5.41) is 4.25. The van der Waals surface area contributed by atoms with Gasteiger partial charge in [-0.2, -0.15) is 0 Å². The number of rotatable bonds is 6. The van der Waals surface area contributed by atoms with Crippen LogP contribution in [0.5, 0.6) is 5.75 Å². The first-order valence-corrected chi connectivity index (χ1v) is 8.41. The van der Waals surface area contributed by atoms with Crippen molar-refractivity contribution in [2.45, 2.75) is 6.92 Å². The van der Waals surface area contributed by atoms with Crippen molar-refractivity contribution in [2.75, 3.05) is 18.5 Å². The van der Waals surface area contributed by atoms with Gasteiger partial charge in [0.15, 0.2) is 6.61 Å². The molecule has 3 rings (SSSR count). The zero-order chi connectivity index (χ0) is 18.5. The summed E-state index contributed by atoms with van der Waals surface area (Å²) in [5.74, 6) is -0.280. The normalized spacial score (nSPS) is 10.5. The van der Waals surface area contributed by atoms with E-state index in [1.54, 1.807) is 49.4 Å². The van der Waals surface area contributed by atoms with E-state index >= 15 is 0 Å². The quantitative estimate of drug-likeness (QED) is 0.640. The lowest BCUT2D eigenvalue weighted by Gasteiger charge is -2.08. The molecule has 0 unspecified atom stereocenters. The number of hydrogen-bond donors (Lipinski definition) is 2. The number of H-pyrrole nitrogens is 1. The van der Waals surface area contributed by atoms with E-state index in [0.717, 1.165) is 10.9 Å². The fraction of sp³-hybridized carbons (Fsp3) is 0.158. The van der Waals surface area contributed by atoms with Crippen LogP contribution >= 0.6 is 11.6 Å². The topological polar surface area (TPSA) is 80.4 Å². The Kier molecular flexibility index (Phi) is 5.43. The highest BCUT2D eigenvalue weighted by atomic mass is 35.5. The number of carbonyl (C=O) groups is 2. The zero-order valence-electron chi connectivity index (χ0n) is 14.0. The Hall–Kier alpha value is -2.99. The summed E-state index contributed by atoms with van der Waals surface area (Å²) < 4.78 is 10.2. The maximum absolute atomic E-state index is 12.4. The maximum atomic E-state index is 12.4. The highest BCUT2D eigenvalue weighted by Crippen LogP contribution is 2.22. The lowest BCUT2D eigenvalue weighted by atomic mass is 10.2. The molecule has 0 spiro atoms. The second kappa shape index (κ2) is 7.93. The minimum atomic E-state index is -0.446. The van der Waals surface area contributed by atoms with Gasteiger partial charge >= 0.3 is 5.97 Å². The molecule has 26 heavy (non-hydrogen) atoms. The van der Waals surface area contributed by atoms with E-state index < -0.39 is 5.97 Å². The summed E-state index contributed by atoms with van der Waals surface area (Å²) in [6.07, 6.45) is 0. The van der Waals surface area contributed by atoms with Crippen LogP contribution in [0, 0.1) is 0 Å². The van der Waals surface area contributed by atoms with E-state index in [-0.39, 0.29) is 12.5 Å². The van der Waals surface area contributed by atoms with E-state index in [0.29, 0.717) is 28.8 Å². The number of amides is 1. The molecule has 2 N–H and O–H groups in total. The predicted molar refractivity (Wildman–Crippen MR) is 99.8 cm³/mol. The third kappa shape index (κ3) is 4.34. The van der Waals surface area contributed by atoms with Gasteiger partial charge in [0.05, 0.1) is 6.61 Å². The highest BCUT2D eigenvalue weighted by Gasteiger charge is 2.11. The van der Waals surface area contributed by atoms with Crippen LogP contribution in [0.15, 0.2) is 48.5 Å². The first kappa shape index (κ1) is 17.8. The van der Waals surface area contributed by atoms with Crippen molar-refractivity contribution in [3.8, 4) is 5.75 Å². The average Bonchev–Trinajstić information content (AvgIpc) is 3.04. The molecule has 0 bridgehead atoms. The van der Waals surface area contributed by atoms with Crippen LogP contribution in [-0.2, 0) is 9.53 Å². The molecule has 1 amide bonds. The number of halogens is 1. The third-order valence-electron chi connectivity index (χ3n) is 3.58. The van der Waals surface area contributed by atoms with Gasteiger partial charge in [0.1, 0.15) is 11.4 Å². The van der Waals surface area contributed by atoms with Crippen LogP contribution in [0.25, 0.3) is 10.9 Å². The van der Waals surface area contributed by atoms with Gasteiger partial charge < -0.3 is 19.8 Å². The van der Waals surface area contributed by atoms with Crippen LogP contribution in [-0.4, -0.2) is 30.1 Å². The Morgan fingerprint density at radius 1 is 1.15 bits per heavy atom. The molecule has 0 saturated heterocycles. The van der Waals surface area contributed by atoms with E-state index in [1.165, 1.54) is 0 Å². The molecule has 7 heteroatoms. The molecule has 0 aliphatic heterocycles. The number of esters is 1. The number of aromatic amines is 1. The van der Waals surface area contributed by atoms with Crippen molar-refractivity contribution >= 4 is 40.1 Å². The monoisotopic (exact) mass is 372 g/mol. The summed E-state index contributed by atoms with van der Waals surface area (Å²) in [4.78, 5) is 26.8. The number of aromatic nitrogens is 1. The van der Waals surface area contributed by atoms with Crippen molar-refractivity contribution in [1.82, 2.24) is 4.98 Å². The Morgan fingerprint density at radius 3 is 2.81 bits per heavy atom. The first-order chi connectivity index (χ1) is 12.5. The molecule has 6 nitrogen and oxygen atoms in total. The molecule has 0 atom stereocenters. The van der Waals surface area contributed by atoms with Crippen molar-refractivity contribution in [3.63, 3.8) is 0 Å². The zero-order valence-corrected chi connectivity index (χ0v) is 14.8. The second-order valence-corrected chi connectivity index (χ2v) is 5.93. The molecule has 0 aliphatic carbocycles. The van der Waals surface area contributed by atoms with Gasteiger partial charge in [-0.3, -0.25) is 4.79 Å². The number of nitrogens with one attached hydrogen (secondary N) is 2. The molecular weight excluding hydrogens is 356 g/mol. The fourth-order valence-corrected chi connectivity index (χ4v) is 2.61. The molecule has 134 valence electrons. The van der Waals surface area contributed by atoms with Crippen molar-refractivity contribution in [1.29, 1.82) is 0 Å². The maximum Gasteiger partial charge on any atom is 0.344 e. The Balaban J connectivity index is 1.68. The number of anilines is 1. The number of ether oxygens (including phenoxy) is 2. The van der Waals surface area contributed by atoms with Crippen LogP contribution < -0.4 is 10.1 Å². The van der Waals surface area contributed by atoms with Crippen LogP contribution in [0.3, 0.4) is 0 Å². The summed E-state index contributed by atoms with van der Waals surface area (Å²) in [7, 11) is 0. The lowest BCUT2D eigenvalue weighted by Crippen LogP contribution is -2.15. The first-order valence-electron chi connectivity index (χ1n) is 8.03. The molecule has 0 aliphatic rings. The minimum absolute atomic E-state index is 0.186. The Bertz CT molecular complexity index is 952. The fourth-order valence-electron chi connectivity index (χ4n) is 2.43. The van der Waals surface area contributed by atoms with Crippen molar-refractivity contribution in [2.24, 2.45) is 0 Å². The third-order valence-corrected chi connectivity index (χ3v) is 3.82. The summed E-state index contributed by atoms with van der Waals surface area (Å²) >= 11 is 5.97. The van der Waals surface area contributed by atoms with Gasteiger partial charge in [-0.05, 0) is 43.3 Å². The standard InChI is InChI=1S/C19H17ClN2O4/c1-2-25-18(23)11-26-15-5-3-4-14(10-15)21-19(24)17-9-12-8-13(20)6-7-16(12)22-17/h3-10,22H,2,11H2,1H3,(H,21,24). The summed E-state index contributed by atoms with van der Waals surface area (Å²) in [5.41, 5.74) is 1.79. The van der Waals surface area contributed by atoms with E-state index in [1.807, 2.05) is 6.07 Å². The Morgan fingerprint density at radius 2 is 2.00 bits per heavy atom. The molecule has 0 fully saturated rings. The molecule has 1 aromatic heterocycles. The van der Waals surface area contributed by atoms with Gasteiger partial charge in [0, 0.05) is 27.7 Å². The molecule has 3 aromatic rings. The largest absolute Gasteiger partial charge is 0.482 e. The SMILES string of the molecule is CCOC(=O)COc1cccc(NC(=O)c2cc3cc(Cl)ccc3[nH]2)c1. The predicted octanol–water partition coefficient (Wildman–Crippen LogP) is 4.02. The molecule has 0 saturated carbocycles. The second-order valence-electron chi connectivity index (χ2n) is 5.49. The van der Waals surface area contributed by atoms with Crippen LogP contribution in [0.1, 0.15) is 17.4 Å². The molecule has 0 radical (unpaired) electrons. The molecule has 1 heterocycles. The van der Waals surface area contributed by atoms with Gasteiger partial charge in [0.2, 0.25) is 0 Å². The van der Waals surface area contributed by atoms with E-state index in [4.69, 9.17) is 21.1 Å². The average molecular weight is 373 g/mol. The summed E-state index contributed by atoms with van der Waals surface area (Å²) in [6, 6.07) is 13.9. The minimum Gasteiger partial charge on any atom is -0.482 e. The van der Waals surface area contributed by atoms with Crippen LogP contribution in [0.2, 0.25) is 5.02 Å².